The zero-order valence-electron chi connectivity index (χ0n) is 9.53. The molecule has 81 valence electrons. The molecule has 1 N–H and O–H groups in total. The fourth-order valence-electron chi connectivity index (χ4n) is 1.79. The van der Waals surface area contributed by atoms with Gasteiger partial charge in [0, 0.05) is 12.6 Å². The Kier molecular flexibility index (Phi) is 3.37. The molecular weight excluding hydrogens is 194 g/mol. The van der Waals surface area contributed by atoms with Gasteiger partial charge in [-0.1, -0.05) is 30.3 Å². The largest absolute Gasteiger partial charge is 0.307 e. The molecule has 0 spiro atoms. The van der Waals surface area contributed by atoms with E-state index in [0.717, 1.165) is 6.54 Å². The number of hydrogen-bond donors (Lipinski definition) is 1. The van der Waals surface area contributed by atoms with E-state index in [4.69, 9.17) is 0 Å². The van der Waals surface area contributed by atoms with E-state index in [1.54, 1.807) is 0 Å². The molecule has 2 aromatic rings. The normalized spacial score (nSPS) is 12.6. The van der Waals surface area contributed by atoms with Crippen LogP contribution >= 0.6 is 0 Å². The van der Waals surface area contributed by atoms with Crippen molar-refractivity contribution in [2.45, 2.75) is 13.0 Å². The number of rotatable bonds is 4. The maximum atomic E-state index is 3.71. The predicted octanol–water partition coefficient (Wildman–Crippen LogP) is 3.48. The van der Waals surface area contributed by atoms with E-state index >= 15 is 0 Å². The van der Waals surface area contributed by atoms with Crippen LogP contribution in [0.15, 0.2) is 49.1 Å². The summed E-state index contributed by atoms with van der Waals surface area (Å²) in [6.07, 6.45) is 1.88. The van der Waals surface area contributed by atoms with Gasteiger partial charge in [-0.2, -0.15) is 0 Å². The molecule has 0 aromatic heterocycles. The van der Waals surface area contributed by atoms with Crippen molar-refractivity contribution in [3.05, 3.63) is 60.7 Å². The highest BCUT2D eigenvalue weighted by atomic mass is 14.9. The fourth-order valence-corrected chi connectivity index (χ4v) is 1.79. The molecule has 1 atom stereocenters. The Balaban J connectivity index is 2.28. The van der Waals surface area contributed by atoms with Crippen molar-refractivity contribution >= 4 is 10.8 Å². The highest BCUT2D eigenvalue weighted by Crippen LogP contribution is 2.19. The average Bonchev–Trinajstić information content (AvgIpc) is 2.35. The topological polar surface area (TPSA) is 12.0 Å². The predicted molar refractivity (Wildman–Crippen MR) is 69.4 cm³/mol. The first-order chi connectivity index (χ1) is 7.81. The summed E-state index contributed by atoms with van der Waals surface area (Å²) in [5.74, 6) is 0. The molecule has 0 bridgehead atoms. The molecule has 1 radical (unpaired) electrons. The van der Waals surface area contributed by atoms with Crippen molar-refractivity contribution in [3.63, 3.8) is 0 Å². The lowest BCUT2D eigenvalue weighted by atomic mass is 10.0. The molecule has 1 unspecified atom stereocenters. The summed E-state index contributed by atoms with van der Waals surface area (Å²) < 4.78 is 0. The lowest BCUT2D eigenvalue weighted by molar-refractivity contribution is 0.618. The Morgan fingerprint density at radius 2 is 2.25 bits per heavy atom. The van der Waals surface area contributed by atoms with Gasteiger partial charge >= 0.3 is 0 Å². The van der Waals surface area contributed by atoms with Gasteiger partial charge in [-0.3, -0.25) is 0 Å². The van der Waals surface area contributed by atoms with Crippen LogP contribution in [0.1, 0.15) is 18.5 Å². The molecule has 2 aromatic carbocycles. The maximum Gasteiger partial charge on any atom is 0.0294 e. The molecule has 0 saturated carbocycles. The lowest BCUT2D eigenvalue weighted by Gasteiger charge is -2.13. The second-order valence-corrected chi connectivity index (χ2v) is 3.95. The van der Waals surface area contributed by atoms with Gasteiger partial charge in [-0.25, -0.2) is 0 Å². The molecule has 0 amide bonds. The van der Waals surface area contributed by atoms with Crippen molar-refractivity contribution in [2.75, 3.05) is 6.54 Å². The second kappa shape index (κ2) is 4.95. The summed E-state index contributed by atoms with van der Waals surface area (Å²) in [6, 6.07) is 16.0. The van der Waals surface area contributed by atoms with Crippen molar-refractivity contribution < 1.29 is 0 Å². The van der Waals surface area contributed by atoms with Crippen LogP contribution in [-0.4, -0.2) is 6.54 Å². The fraction of sp³-hybridized carbons (Fsp3) is 0.200. The minimum Gasteiger partial charge on any atom is -0.307 e. The summed E-state index contributed by atoms with van der Waals surface area (Å²) in [5.41, 5.74) is 1.31. The third kappa shape index (κ3) is 2.31. The van der Waals surface area contributed by atoms with Crippen molar-refractivity contribution in [1.82, 2.24) is 5.32 Å². The van der Waals surface area contributed by atoms with E-state index in [1.165, 1.54) is 16.3 Å². The number of nitrogens with one attached hydrogen (secondary N) is 1. The molecule has 16 heavy (non-hydrogen) atoms. The molecular formula is C15H16N. The average molecular weight is 210 g/mol. The molecule has 0 heterocycles. The van der Waals surface area contributed by atoms with Gasteiger partial charge in [0.25, 0.3) is 0 Å². The van der Waals surface area contributed by atoms with Crippen LogP contribution in [0.3, 0.4) is 0 Å². The highest BCUT2D eigenvalue weighted by molar-refractivity contribution is 5.82. The highest BCUT2D eigenvalue weighted by Gasteiger charge is 2.03. The van der Waals surface area contributed by atoms with Crippen molar-refractivity contribution in [1.29, 1.82) is 0 Å². The van der Waals surface area contributed by atoms with Gasteiger partial charge in [-0.15, -0.1) is 6.58 Å². The van der Waals surface area contributed by atoms with E-state index in [0.29, 0.717) is 6.04 Å². The van der Waals surface area contributed by atoms with Gasteiger partial charge in [-0.05, 0) is 41.5 Å². The Labute approximate surface area is 96.8 Å². The van der Waals surface area contributed by atoms with E-state index in [2.05, 4.69) is 49.2 Å². The molecule has 2 rings (SSSR count). The summed E-state index contributed by atoms with van der Waals surface area (Å²) in [4.78, 5) is 0. The Morgan fingerprint density at radius 1 is 1.38 bits per heavy atom. The first kappa shape index (κ1) is 10.9. The van der Waals surface area contributed by atoms with Gasteiger partial charge in [0.1, 0.15) is 0 Å². The van der Waals surface area contributed by atoms with Crippen LogP contribution in [0.2, 0.25) is 0 Å². The van der Waals surface area contributed by atoms with E-state index in [1.807, 2.05) is 18.2 Å². The van der Waals surface area contributed by atoms with Crippen molar-refractivity contribution in [2.24, 2.45) is 0 Å². The summed E-state index contributed by atoms with van der Waals surface area (Å²) >= 11 is 0. The van der Waals surface area contributed by atoms with Gasteiger partial charge in [0.05, 0.1) is 0 Å². The zero-order chi connectivity index (χ0) is 11.4. The quantitative estimate of drug-likeness (QED) is 0.762. The minimum absolute atomic E-state index is 0.353. The Morgan fingerprint density at radius 3 is 3.06 bits per heavy atom. The molecule has 0 saturated heterocycles. The van der Waals surface area contributed by atoms with Crippen LogP contribution in [0.25, 0.3) is 10.8 Å². The van der Waals surface area contributed by atoms with Crippen LogP contribution < -0.4 is 5.32 Å². The van der Waals surface area contributed by atoms with Gasteiger partial charge < -0.3 is 5.32 Å². The molecule has 1 nitrogen and oxygen atoms in total. The van der Waals surface area contributed by atoms with Crippen LogP contribution in [-0.2, 0) is 0 Å². The van der Waals surface area contributed by atoms with E-state index < -0.39 is 0 Å². The smallest absolute Gasteiger partial charge is 0.0294 e. The van der Waals surface area contributed by atoms with Gasteiger partial charge in [0.15, 0.2) is 0 Å². The second-order valence-electron chi connectivity index (χ2n) is 3.95. The van der Waals surface area contributed by atoms with Crippen molar-refractivity contribution in [3.8, 4) is 0 Å². The van der Waals surface area contributed by atoms with Crippen LogP contribution in [0, 0.1) is 6.07 Å². The summed E-state index contributed by atoms with van der Waals surface area (Å²) in [7, 11) is 0. The number of benzene rings is 2. The molecule has 0 aliphatic rings. The Bertz CT molecular complexity index is 488. The summed E-state index contributed by atoms with van der Waals surface area (Å²) in [6.45, 7) is 6.71. The lowest BCUT2D eigenvalue weighted by Crippen LogP contribution is -2.18. The van der Waals surface area contributed by atoms with Crippen LogP contribution in [0.5, 0.6) is 0 Å². The van der Waals surface area contributed by atoms with Gasteiger partial charge in [0.2, 0.25) is 0 Å². The first-order valence-corrected chi connectivity index (χ1v) is 5.55. The SMILES string of the molecule is C=CCNC(C)c1ccc2c[c]ccc2c1. The summed E-state index contributed by atoms with van der Waals surface area (Å²) in [5, 5.41) is 5.89. The number of hydrogen-bond acceptors (Lipinski definition) is 1. The molecule has 0 aliphatic heterocycles. The maximum absolute atomic E-state index is 3.71. The monoisotopic (exact) mass is 210 g/mol. The number of fused-ring (bicyclic) bond motifs is 1. The van der Waals surface area contributed by atoms with E-state index in [-0.39, 0.29) is 0 Å². The standard InChI is InChI=1S/C15H16N/c1-3-10-16-12(2)14-9-8-13-6-4-5-7-15(13)11-14/h3,5-9,11-12,16H,1,10H2,2H3. The zero-order valence-corrected chi connectivity index (χ0v) is 9.53. The minimum atomic E-state index is 0.353. The third-order valence-corrected chi connectivity index (χ3v) is 2.78. The molecule has 0 aliphatic carbocycles. The first-order valence-electron chi connectivity index (χ1n) is 5.55. The van der Waals surface area contributed by atoms with E-state index in [9.17, 15) is 0 Å². The third-order valence-electron chi connectivity index (χ3n) is 2.78. The Hall–Kier alpha value is -1.60. The molecule has 1 heteroatoms. The molecule has 0 fully saturated rings. The van der Waals surface area contributed by atoms with Crippen LogP contribution in [0.4, 0.5) is 0 Å².